The quantitative estimate of drug-likeness (QED) is 0.0869. The first-order valence-electron chi connectivity index (χ1n) is 14.7. The molecule has 0 unspecified atom stereocenters. The van der Waals surface area contributed by atoms with Crippen LogP contribution in [0, 0.1) is 0 Å². The van der Waals surface area contributed by atoms with E-state index in [2.05, 4.69) is 0 Å². The number of amidine groups is 1. The molecule has 0 bridgehead atoms. The number of phenols is 1. The highest BCUT2D eigenvalue weighted by atomic mass is 32.2. The average molecular weight is 652 g/mol. The smallest absolute Gasteiger partial charge is 0.508 e. The molecule has 1 aliphatic rings. The normalized spacial score (nSPS) is 13.8. The molecule has 4 aromatic carbocycles. The molecule has 0 aliphatic carbocycles. The van der Waals surface area contributed by atoms with Crippen LogP contribution in [0.4, 0.5) is 14.4 Å². The summed E-state index contributed by atoms with van der Waals surface area (Å²) in [5.74, 6) is 0.390. The van der Waals surface area contributed by atoms with Gasteiger partial charge >= 0.3 is 7.40 Å². The minimum absolute atomic E-state index is 0.0271. The Morgan fingerprint density at radius 2 is 1.43 bits per heavy atom. The Morgan fingerprint density at radius 1 is 0.809 bits per heavy atom. The first-order chi connectivity index (χ1) is 22.7. The van der Waals surface area contributed by atoms with Crippen molar-refractivity contribution >= 4 is 40.5 Å². The molecule has 0 amide bonds. The van der Waals surface area contributed by atoms with Crippen LogP contribution in [0.1, 0.15) is 17.5 Å². The Labute approximate surface area is 271 Å². The van der Waals surface area contributed by atoms with Crippen LogP contribution in [-0.4, -0.2) is 53.9 Å². The number of phenolic OH excluding ortho intramolecular Hbond substituents is 1. The second-order valence-corrected chi connectivity index (χ2v) is 12.3. The number of ether oxygens (including phenoxy) is 1. The van der Waals surface area contributed by atoms with Gasteiger partial charge in [-0.25, -0.2) is 9.98 Å². The summed E-state index contributed by atoms with van der Waals surface area (Å²) in [7, 11) is -7.05. The van der Waals surface area contributed by atoms with Crippen molar-refractivity contribution in [3.8, 4) is 33.9 Å². The minimum Gasteiger partial charge on any atom is -0.508 e. The Bertz CT molecular complexity index is 2080. The van der Waals surface area contributed by atoms with Crippen LogP contribution in [0.5, 0.6) is 11.5 Å². The lowest BCUT2D eigenvalue weighted by Crippen LogP contribution is -2.14. The van der Waals surface area contributed by atoms with Crippen molar-refractivity contribution in [3.05, 3.63) is 132 Å². The molecule has 0 spiro atoms. The van der Waals surface area contributed by atoms with Crippen molar-refractivity contribution in [1.29, 1.82) is 0 Å². The lowest BCUT2D eigenvalue weighted by Gasteiger charge is -2.11. The molecular formula is C35H28BF2N3O5S. The third-order valence-electron chi connectivity index (χ3n) is 7.46. The largest absolute Gasteiger partial charge is 0.679 e. The van der Waals surface area contributed by atoms with E-state index in [1.807, 2.05) is 66.7 Å². The molecule has 0 fully saturated rings. The van der Waals surface area contributed by atoms with E-state index in [4.69, 9.17) is 19.3 Å². The molecule has 0 saturated heterocycles. The number of hydrogen-bond acceptors (Lipinski definition) is 5. The summed E-state index contributed by atoms with van der Waals surface area (Å²) in [6.07, 6.45) is 1.95. The average Bonchev–Trinajstić information content (AvgIpc) is 3.66. The first kappa shape index (κ1) is 31.6. The number of rotatable bonds is 11. The second kappa shape index (κ2) is 13.6. The molecule has 2 heterocycles. The minimum atomic E-state index is -4.09. The molecule has 1 aromatic heterocycles. The molecule has 0 saturated carbocycles. The number of hydrogen-bond donors (Lipinski definition) is 2. The van der Waals surface area contributed by atoms with Crippen LogP contribution in [0.15, 0.2) is 131 Å². The zero-order valence-corrected chi connectivity index (χ0v) is 25.7. The van der Waals surface area contributed by atoms with E-state index in [0.717, 1.165) is 15.6 Å². The Kier molecular flexibility index (Phi) is 9.14. The van der Waals surface area contributed by atoms with Crippen molar-refractivity contribution in [2.24, 2.45) is 9.98 Å². The van der Waals surface area contributed by atoms with Gasteiger partial charge in [-0.15, -0.1) is 0 Å². The number of allylic oxidation sites excluding steroid dienone is 1. The van der Waals surface area contributed by atoms with E-state index < -0.39 is 23.3 Å². The highest BCUT2D eigenvalue weighted by Gasteiger charge is 2.30. The Balaban J connectivity index is 1.45. The van der Waals surface area contributed by atoms with Gasteiger partial charge in [0.2, 0.25) is 0 Å². The van der Waals surface area contributed by atoms with Crippen LogP contribution in [0.3, 0.4) is 0 Å². The van der Waals surface area contributed by atoms with Crippen LogP contribution in [-0.2, 0) is 10.1 Å². The molecule has 8 nitrogen and oxygen atoms in total. The summed E-state index contributed by atoms with van der Waals surface area (Å²) in [6.45, 7) is 0.0518. The third kappa shape index (κ3) is 7.40. The summed E-state index contributed by atoms with van der Waals surface area (Å²) in [5.41, 5.74) is 4.66. The van der Waals surface area contributed by atoms with E-state index >= 15 is 8.63 Å². The predicted octanol–water partition coefficient (Wildman–Crippen LogP) is 7.57. The van der Waals surface area contributed by atoms with Gasteiger partial charge in [0.15, 0.2) is 5.84 Å². The van der Waals surface area contributed by atoms with Crippen LogP contribution >= 0.6 is 0 Å². The molecule has 2 N–H and O–H groups in total. The topological polar surface area (TPSA) is 113 Å². The van der Waals surface area contributed by atoms with Gasteiger partial charge in [-0.3, -0.25) is 13.2 Å². The Hall–Kier alpha value is -5.33. The number of halogens is 2. The zero-order valence-electron chi connectivity index (χ0n) is 24.9. The molecule has 1 aliphatic heterocycles. The van der Waals surface area contributed by atoms with E-state index in [1.54, 1.807) is 54.6 Å². The van der Waals surface area contributed by atoms with Crippen LogP contribution in [0.25, 0.3) is 28.0 Å². The van der Waals surface area contributed by atoms with Crippen LogP contribution in [0.2, 0.25) is 0 Å². The summed E-state index contributed by atoms with van der Waals surface area (Å²) in [5, 5.41) is 9.80. The molecule has 12 heteroatoms. The number of nitrogens with zero attached hydrogens (tertiary/aromatic N) is 3. The fraction of sp³-hybridized carbons (Fsp3) is 0.0857. The maximum Gasteiger partial charge on any atom is 0.679 e. The lowest BCUT2D eigenvalue weighted by molar-refractivity contribution is 0.316. The summed E-state index contributed by atoms with van der Waals surface area (Å²) < 4.78 is 67.5. The molecule has 0 atom stereocenters. The van der Waals surface area contributed by atoms with Gasteiger partial charge in [0.25, 0.3) is 10.1 Å². The molecule has 236 valence electrons. The fourth-order valence-corrected chi connectivity index (χ4v) is 5.72. The number of aromatic nitrogens is 1. The molecule has 5 aromatic rings. The molecule has 47 heavy (non-hydrogen) atoms. The number of aliphatic imine (C=N–C) groups is 2. The standard InChI is InChI=1S/C35H28BF2N3O5S/c37-36(38)41-33(27-14-18-29(19-15-27)46-20-7-21-47(43,44)45)23-31(25-10-5-2-6-11-25)35(41)40-34-30(24-8-3-1-4-9-24)22-32(39-34)26-12-16-28(42)17-13-26/h1-6,8-19,22-23,42H,7,20-21H2,(H,43,44,45). The van der Waals surface area contributed by atoms with Gasteiger partial charge in [0.1, 0.15) is 17.3 Å². The number of benzene rings is 4. The predicted molar refractivity (Wildman–Crippen MR) is 181 cm³/mol. The van der Waals surface area contributed by atoms with Crippen molar-refractivity contribution in [2.45, 2.75) is 6.42 Å². The molecular weight excluding hydrogens is 623 g/mol. The van der Waals surface area contributed by atoms with E-state index in [1.165, 1.54) is 0 Å². The first-order valence-corrected chi connectivity index (χ1v) is 16.3. The van der Waals surface area contributed by atoms with Gasteiger partial charge in [-0.05, 0) is 83.8 Å². The Morgan fingerprint density at radius 3 is 2.04 bits per heavy atom. The van der Waals surface area contributed by atoms with Gasteiger partial charge in [-0.2, -0.15) is 8.42 Å². The monoisotopic (exact) mass is 651 g/mol. The van der Waals surface area contributed by atoms with Gasteiger partial charge < -0.3 is 14.3 Å². The molecule has 6 rings (SSSR count). The van der Waals surface area contributed by atoms with E-state index in [0.29, 0.717) is 33.7 Å². The SMILES string of the molecule is O=S(=O)(O)CCCOc1ccc(-c2cc(-c3ccccc3)c(N=C3N=C(c4ccc(O)cc4)C=C3c3ccccc3)n2B(F)F)cc1. The lowest BCUT2D eigenvalue weighted by atomic mass is 10.0. The maximum absolute atomic E-state index is 15.1. The second-order valence-electron chi connectivity index (χ2n) is 10.7. The van der Waals surface area contributed by atoms with E-state index in [-0.39, 0.29) is 36.1 Å². The highest BCUT2D eigenvalue weighted by molar-refractivity contribution is 7.85. The third-order valence-corrected chi connectivity index (χ3v) is 8.27. The van der Waals surface area contributed by atoms with Crippen molar-refractivity contribution in [3.63, 3.8) is 0 Å². The summed E-state index contributed by atoms with van der Waals surface area (Å²) in [6, 6.07) is 33.4. The van der Waals surface area contributed by atoms with Crippen molar-refractivity contribution in [1.82, 2.24) is 4.48 Å². The van der Waals surface area contributed by atoms with Gasteiger partial charge in [0, 0.05) is 22.4 Å². The maximum atomic E-state index is 15.1. The summed E-state index contributed by atoms with van der Waals surface area (Å²) >= 11 is 0. The zero-order chi connectivity index (χ0) is 33.0. The highest BCUT2D eigenvalue weighted by Crippen LogP contribution is 2.40. The van der Waals surface area contributed by atoms with Crippen molar-refractivity contribution < 1.29 is 31.4 Å². The number of aromatic hydroxyl groups is 1. The van der Waals surface area contributed by atoms with Crippen molar-refractivity contribution in [2.75, 3.05) is 12.4 Å². The van der Waals surface area contributed by atoms with Crippen LogP contribution < -0.4 is 4.74 Å². The fourth-order valence-electron chi connectivity index (χ4n) is 5.24. The summed E-state index contributed by atoms with van der Waals surface area (Å²) in [4.78, 5) is 9.63. The van der Waals surface area contributed by atoms with Gasteiger partial charge in [-0.1, -0.05) is 60.7 Å². The van der Waals surface area contributed by atoms with E-state index in [9.17, 15) is 13.5 Å². The molecule has 0 radical (unpaired) electrons. The van der Waals surface area contributed by atoms with Gasteiger partial charge in [0.05, 0.1) is 18.1 Å².